The molecule has 0 bridgehead atoms. The van der Waals surface area contributed by atoms with Crippen LogP contribution in [0.4, 0.5) is 14.4 Å². The third-order valence-electron chi connectivity index (χ3n) is 7.33. The number of hydrogen-bond acceptors (Lipinski definition) is 14. The molecule has 53 heavy (non-hydrogen) atoms. The Morgan fingerprint density at radius 3 is 1.42 bits per heavy atom. The van der Waals surface area contributed by atoms with E-state index in [2.05, 4.69) is 0 Å². The van der Waals surface area contributed by atoms with Gasteiger partial charge in [-0.1, -0.05) is 45.1 Å². The molecule has 0 aromatic heterocycles. The van der Waals surface area contributed by atoms with E-state index in [4.69, 9.17) is 43.0 Å². The molecule has 0 aliphatic heterocycles. The molecule has 0 radical (unpaired) electrons. The largest absolute Gasteiger partial charge is 0.514 e. The standard InChI is InChI=1S/C38H48O15/c1-7-33(39)46-19-17-26(5)49-37(44)52-31-21-29(22-32(23-31)53-38(45)50-27(6)18-20-47-34(40)8-2)12-11-28-13-15-30(16-14-28)51-36(43)48-25(4)10-9-24(3)35(41)42/h11-16,21-27H,7-10,17-20H2,1-6H3,(H,41,42)/b12-11+/t24?,25-,26-,27-/m1/s1. The molecule has 0 fully saturated rings. The fourth-order valence-corrected chi connectivity index (χ4v) is 4.17. The van der Waals surface area contributed by atoms with Gasteiger partial charge in [0.25, 0.3) is 0 Å². The Morgan fingerprint density at radius 2 is 0.981 bits per heavy atom. The highest BCUT2D eigenvalue weighted by molar-refractivity contribution is 5.74. The van der Waals surface area contributed by atoms with Crippen LogP contribution in [0.5, 0.6) is 17.2 Å². The summed E-state index contributed by atoms with van der Waals surface area (Å²) >= 11 is 0. The van der Waals surface area contributed by atoms with Gasteiger partial charge >= 0.3 is 36.4 Å². The van der Waals surface area contributed by atoms with E-state index >= 15 is 0 Å². The van der Waals surface area contributed by atoms with Crippen molar-refractivity contribution in [2.45, 2.75) is 98.4 Å². The zero-order valence-corrected chi connectivity index (χ0v) is 30.8. The molecule has 2 aromatic rings. The van der Waals surface area contributed by atoms with Gasteiger partial charge in [0.05, 0.1) is 19.1 Å². The van der Waals surface area contributed by atoms with Crippen LogP contribution < -0.4 is 14.2 Å². The lowest BCUT2D eigenvalue weighted by Gasteiger charge is -2.15. The smallest absolute Gasteiger partial charge is 0.481 e. The van der Waals surface area contributed by atoms with E-state index < -0.39 is 48.7 Å². The molecule has 0 aliphatic rings. The van der Waals surface area contributed by atoms with E-state index in [1.165, 1.54) is 18.2 Å². The first-order valence-corrected chi connectivity index (χ1v) is 17.3. The first-order valence-electron chi connectivity index (χ1n) is 17.3. The van der Waals surface area contributed by atoms with Crippen LogP contribution in [0.2, 0.25) is 0 Å². The monoisotopic (exact) mass is 744 g/mol. The second kappa shape index (κ2) is 23.1. The minimum atomic E-state index is -1.04. The molecule has 1 N–H and O–H groups in total. The maximum absolute atomic E-state index is 12.6. The van der Waals surface area contributed by atoms with Crippen molar-refractivity contribution in [2.75, 3.05) is 13.2 Å². The van der Waals surface area contributed by atoms with Crippen LogP contribution in [0.3, 0.4) is 0 Å². The summed E-state index contributed by atoms with van der Waals surface area (Å²) in [5.41, 5.74) is 1.14. The number of rotatable bonds is 20. The van der Waals surface area contributed by atoms with Gasteiger partial charge in [-0.15, -0.1) is 0 Å². The van der Waals surface area contributed by atoms with E-state index in [1.54, 1.807) is 78.0 Å². The fraction of sp³-hybridized carbons (Fsp3) is 0.474. The number of aliphatic carboxylic acids is 1. The number of carboxylic acid groups (broad SMARTS) is 1. The van der Waals surface area contributed by atoms with Crippen molar-refractivity contribution >= 4 is 48.5 Å². The lowest BCUT2D eigenvalue weighted by molar-refractivity contribution is -0.144. The molecule has 0 aliphatic carbocycles. The Hall–Kier alpha value is -5.60. The van der Waals surface area contributed by atoms with Crippen molar-refractivity contribution in [2.24, 2.45) is 5.92 Å². The average molecular weight is 745 g/mol. The van der Waals surface area contributed by atoms with Crippen LogP contribution in [-0.2, 0) is 38.1 Å². The van der Waals surface area contributed by atoms with Crippen molar-refractivity contribution in [3.05, 3.63) is 53.6 Å². The van der Waals surface area contributed by atoms with Crippen molar-refractivity contribution in [1.29, 1.82) is 0 Å². The molecule has 4 atom stereocenters. The minimum absolute atomic E-state index is 0.0157. The Labute approximate surface area is 308 Å². The van der Waals surface area contributed by atoms with Crippen molar-refractivity contribution < 1.29 is 71.8 Å². The van der Waals surface area contributed by atoms with Crippen LogP contribution in [0, 0.1) is 5.92 Å². The number of hydrogen-bond donors (Lipinski definition) is 1. The third kappa shape index (κ3) is 18.5. The fourth-order valence-electron chi connectivity index (χ4n) is 4.17. The van der Waals surface area contributed by atoms with Gasteiger partial charge in [0.1, 0.15) is 35.6 Å². The predicted molar refractivity (Wildman–Crippen MR) is 189 cm³/mol. The Bertz CT molecular complexity index is 1490. The van der Waals surface area contributed by atoms with E-state index in [1.807, 2.05) is 0 Å². The molecule has 15 nitrogen and oxygen atoms in total. The normalized spacial score (nSPS) is 13.1. The van der Waals surface area contributed by atoms with Gasteiger partial charge in [-0.25, -0.2) is 14.4 Å². The molecular weight excluding hydrogens is 696 g/mol. The minimum Gasteiger partial charge on any atom is -0.481 e. The zero-order chi connectivity index (χ0) is 39.3. The number of benzene rings is 2. The predicted octanol–water partition coefficient (Wildman–Crippen LogP) is 7.76. The topological polar surface area (TPSA) is 196 Å². The lowest BCUT2D eigenvalue weighted by atomic mass is 10.0. The van der Waals surface area contributed by atoms with Gasteiger partial charge < -0.3 is 43.0 Å². The molecule has 0 saturated carbocycles. The molecule has 0 amide bonds. The summed E-state index contributed by atoms with van der Waals surface area (Å²) in [7, 11) is 0. The lowest BCUT2D eigenvalue weighted by Crippen LogP contribution is -2.21. The number of esters is 2. The third-order valence-corrected chi connectivity index (χ3v) is 7.33. The van der Waals surface area contributed by atoms with Gasteiger partial charge in [-0.2, -0.15) is 0 Å². The van der Waals surface area contributed by atoms with Crippen LogP contribution in [0.1, 0.15) is 91.2 Å². The van der Waals surface area contributed by atoms with Crippen LogP contribution in [0.15, 0.2) is 42.5 Å². The maximum Gasteiger partial charge on any atom is 0.514 e. The van der Waals surface area contributed by atoms with E-state index in [0.717, 1.165) is 0 Å². The molecule has 15 heteroatoms. The summed E-state index contributed by atoms with van der Waals surface area (Å²) in [5, 5.41) is 9.01. The summed E-state index contributed by atoms with van der Waals surface area (Å²) in [6.45, 7) is 9.91. The molecule has 0 saturated heterocycles. The van der Waals surface area contributed by atoms with Gasteiger partial charge in [-0.3, -0.25) is 14.4 Å². The number of ether oxygens (including phenoxy) is 8. The zero-order valence-electron chi connectivity index (χ0n) is 30.8. The van der Waals surface area contributed by atoms with Crippen LogP contribution in [-0.4, -0.2) is 73.0 Å². The highest BCUT2D eigenvalue weighted by Gasteiger charge is 2.18. The van der Waals surface area contributed by atoms with Gasteiger partial charge in [0.15, 0.2) is 0 Å². The SMILES string of the molecule is CCC(=O)OCC[C@@H](C)OC(=O)Oc1cc(/C=C/c2ccc(OC(=O)O[C@H](C)CCC(C)C(=O)O)cc2)cc(OC(=O)O[C@H](C)CCOC(=O)CC)c1. The average Bonchev–Trinajstić information content (AvgIpc) is 3.09. The van der Waals surface area contributed by atoms with Crippen molar-refractivity contribution in [1.82, 2.24) is 0 Å². The summed E-state index contributed by atoms with van der Waals surface area (Å²) in [6.07, 6.45) is 0.193. The van der Waals surface area contributed by atoms with E-state index in [-0.39, 0.29) is 68.1 Å². The summed E-state index contributed by atoms with van der Waals surface area (Å²) in [6, 6.07) is 10.7. The molecule has 290 valence electrons. The quantitative estimate of drug-likeness (QED) is 0.0597. The number of carbonyl (C=O) groups excluding carboxylic acids is 5. The molecule has 2 rings (SSSR count). The second-order valence-corrected chi connectivity index (χ2v) is 12.0. The number of carbonyl (C=O) groups is 6. The van der Waals surface area contributed by atoms with Gasteiger partial charge in [0, 0.05) is 31.7 Å². The van der Waals surface area contributed by atoms with Crippen LogP contribution in [0.25, 0.3) is 12.2 Å². The van der Waals surface area contributed by atoms with Crippen molar-refractivity contribution in [3.8, 4) is 17.2 Å². The Morgan fingerprint density at radius 1 is 0.566 bits per heavy atom. The Balaban J connectivity index is 2.11. The van der Waals surface area contributed by atoms with Gasteiger partial charge in [0.2, 0.25) is 0 Å². The molecule has 2 aromatic carbocycles. The number of carboxylic acids is 1. The van der Waals surface area contributed by atoms with Gasteiger partial charge in [-0.05, 0) is 69.0 Å². The molecular formula is C38H48O15. The first-order chi connectivity index (χ1) is 25.2. The molecule has 0 spiro atoms. The first kappa shape index (κ1) is 43.6. The van der Waals surface area contributed by atoms with E-state index in [0.29, 0.717) is 24.0 Å². The Kier molecular flexibility index (Phi) is 19.0. The molecule has 1 unspecified atom stereocenters. The summed E-state index contributed by atoms with van der Waals surface area (Å²) in [5.74, 6) is -2.04. The van der Waals surface area contributed by atoms with Crippen LogP contribution >= 0.6 is 0 Å². The van der Waals surface area contributed by atoms with Crippen molar-refractivity contribution in [3.63, 3.8) is 0 Å². The summed E-state index contributed by atoms with van der Waals surface area (Å²) < 4.78 is 41.7. The van der Waals surface area contributed by atoms with E-state index in [9.17, 15) is 28.8 Å². The maximum atomic E-state index is 12.6. The highest BCUT2D eigenvalue weighted by atomic mass is 16.7. The summed E-state index contributed by atoms with van der Waals surface area (Å²) in [4.78, 5) is 71.0. The second-order valence-electron chi connectivity index (χ2n) is 12.0. The molecule has 0 heterocycles. The highest BCUT2D eigenvalue weighted by Crippen LogP contribution is 2.26.